The molecular weight excluding hydrogens is 597 g/mol. The van der Waals surface area contributed by atoms with E-state index in [0.717, 1.165) is 17.3 Å². The molecule has 11 heteroatoms. The molecule has 8 nitrogen and oxygen atoms in total. The molecule has 0 aromatic carbocycles. The zero-order chi connectivity index (χ0) is 33.1. The molecule has 42 heavy (non-hydrogen) atoms. The monoisotopic (exact) mass is 658 g/mol. The van der Waals surface area contributed by atoms with Crippen molar-refractivity contribution >= 4 is 53.2 Å². The van der Waals surface area contributed by atoms with Gasteiger partial charge in [0.2, 0.25) is 0 Å². The maximum Gasteiger partial charge on any atom is 0.306 e. The Morgan fingerprint density at radius 2 is 1.00 bits per heavy atom. The second-order valence-corrected chi connectivity index (χ2v) is 14.8. The van der Waals surface area contributed by atoms with E-state index in [9.17, 15) is 24.6 Å². The Labute approximate surface area is 269 Å². The van der Waals surface area contributed by atoms with Crippen LogP contribution >= 0.6 is 35.3 Å². The highest BCUT2D eigenvalue weighted by atomic mass is 32.2. The minimum atomic E-state index is -0.712. The van der Waals surface area contributed by atoms with Crippen molar-refractivity contribution in [3.8, 4) is 0 Å². The number of hydrogen-bond acceptors (Lipinski definition) is 11. The van der Waals surface area contributed by atoms with Crippen molar-refractivity contribution in [3.05, 3.63) is 0 Å². The lowest BCUT2D eigenvalue weighted by molar-refractivity contribution is -0.147. The summed E-state index contributed by atoms with van der Waals surface area (Å²) in [5.74, 6) is 4.24. The number of ether oxygens (including phenoxy) is 3. The molecule has 0 aromatic heterocycles. The second kappa shape index (κ2) is 30.4. The number of carbonyl (C=O) groups is 3. The van der Waals surface area contributed by atoms with Gasteiger partial charge in [0, 0.05) is 28.3 Å². The van der Waals surface area contributed by atoms with Crippen LogP contribution in [-0.4, -0.2) is 92.7 Å². The average Bonchev–Trinajstić information content (AvgIpc) is 2.87. The summed E-state index contributed by atoms with van der Waals surface area (Å²) in [7, 11) is 0. The number of rotatable bonds is 20. The summed E-state index contributed by atoms with van der Waals surface area (Å²) in [6.07, 6.45) is 1.70. The van der Waals surface area contributed by atoms with Crippen molar-refractivity contribution in [1.29, 1.82) is 0 Å². The molecule has 3 atom stereocenters. The molecule has 2 N–H and O–H groups in total. The first-order valence-electron chi connectivity index (χ1n) is 15.3. The molecule has 0 spiro atoms. The van der Waals surface area contributed by atoms with Crippen LogP contribution in [0.5, 0.6) is 0 Å². The van der Waals surface area contributed by atoms with Gasteiger partial charge >= 0.3 is 17.9 Å². The third-order valence-electron chi connectivity index (χ3n) is 5.13. The second-order valence-electron chi connectivity index (χ2n) is 10.9. The first-order valence-corrected chi connectivity index (χ1v) is 18.6. The van der Waals surface area contributed by atoms with Gasteiger partial charge in [-0.15, -0.1) is 0 Å². The van der Waals surface area contributed by atoms with E-state index in [-0.39, 0.29) is 36.2 Å². The lowest BCUT2D eigenvalue weighted by atomic mass is 10.2. The fourth-order valence-electron chi connectivity index (χ4n) is 2.63. The van der Waals surface area contributed by atoms with Crippen LogP contribution < -0.4 is 0 Å². The Balaban J connectivity index is -0.000000549. The summed E-state index contributed by atoms with van der Waals surface area (Å²) < 4.78 is 15.0. The van der Waals surface area contributed by atoms with E-state index in [0.29, 0.717) is 48.4 Å². The molecule has 0 fully saturated rings. The molecule has 0 radical (unpaired) electrons. The van der Waals surface area contributed by atoms with Gasteiger partial charge in [-0.3, -0.25) is 14.4 Å². The quantitative estimate of drug-likeness (QED) is 0.0819. The molecule has 0 rings (SSSR count). The van der Waals surface area contributed by atoms with E-state index in [1.54, 1.807) is 0 Å². The topological polar surface area (TPSA) is 119 Å². The first-order chi connectivity index (χ1) is 19.6. The molecular formula is C31H62O8S3. The van der Waals surface area contributed by atoms with Crippen molar-refractivity contribution in [2.24, 2.45) is 5.92 Å². The van der Waals surface area contributed by atoms with Crippen molar-refractivity contribution in [2.45, 2.75) is 144 Å². The van der Waals surface area contributed by atoms with Crippen molar-refractivity contribution in [2.75, 3.05) is 28.8 Å². The Hall–Kier alpha value is -0.620. The highest BCUT2D eigenvalue weighted by Crippen LogP contribution is 2.19. The van der Waals surface area contributed by atoms with Crippen LogP contribution in [-0.2, 0) is 28.6 Å². The Morgan fingerprint density at radius 3 is 1.36 bits per heavy atom. The number of hydrogen-bond donors (Lipinski definition) is 2. The van der Waals surface area contributed by atoms with Gasteiger partial charge in [0.25, 0.3) is 0 Å². The standard InChI is InChI=1S/C11H22O4S.C11H22O2S.C9H18O2S/c1-4-9(12)10(13)7-16-6-5-11(14)15-8(2)3;1-8(2)10(5)14-7-6-11(12)13-9(3)4;1-4-6-12-7-5-9(10)11-8(2)3/h8-10,12-13H,4-7H2,1-3H3;8-10H,6-7H2,1-5H3;8H,4-7H2,1-3H3. The third-order valence-corrected chi connectivity index (χ3v) is 8.90. The number of aliphatic hydroxyl groups is 2. The summed E-state index contributed by atoms with van der Waals surface area (Å²) in [6.45, 7) is 21.7. The van der Waals surface area contributed by atoms with Crippen molar-refractivity contribution in [1.82, 2.24) is 0 Å². The molecule has 0 heterocycles. The summed E-state index contributed by atoms with van der Waals surface area (Å²) >= 11 is 5.10. The fourth-order valence-corrected chi connectivity index (χ4v) is 5.42. The minimum absolute atomic E-state index is 0.00928. The SMILES string of the molecule is CC(C)OC(=O)CCSC(C)C(C)C.CCC(O)C(O)CSCCC(=O)OC(C)C.CCCSCCC(=O)OC(C)C. The first kappa shape index (κ1) is 45.8. The van der Waals surface area contributed by atoms with Crippen LogP contribution in [0.1, 0.15) is 108 Å². The molecule has 0 amide bonds. The van der Waals surface area contributed by atoms with E-state index in [1.807, 2.05) is 72.0 Å². The van der Waals surface area contributed by atoms with Gasteiger partial charge in [0.1, 0.15) is 0 Å². The smallest absolute Gasteiger partial charge is 0.306 e. The van der Waals surface area contributed by atoms with Crippen LogP contribution in [0.15, 0.2) is 0 Å². The molecule has 0 saturated carbocycles. The Kier molecular flexibility index (Phi) is 33.2. The molecule has 0 bridgehead atoms. The van der Waals surface area contributed by atoms with Gasteiger partial charge in [0.05, 0.1) is 49.8 Å². The molecule has 0 aromatic rings. The summed E-state index contributed by atoms with van der Waals surface area (Å²) in [5, 5.41) is 19.4. The number of carbonyl (C=O) groups excluding carboxylic acids is 3. The number of aliphatic hydroxyl groups excluding tert-OH is 2. The van der Waals surface area contributed by atoms with Crippen molar-refractivity contribution < 1.29 is 38.8 Å². The van der Waals surface area contributed by atoms with E-state index in [1.165, 1.54) is 18.2 Å². The molecule has 0 saturated heterocycles. The fraction of sp³-hybridized carbons (Fsp3) is 0.903. The van der Waals surface area contributed by atoms with E-state index < -0.39 is 12.2 Å². The normalized spacial score (nSPS) is 13.1. The average molecular weight is 659 g/mol. The van der Waals surface area contributed by atoms with Gasteiger partial charge in [-0.2, -0.15) is 35.3 Å². The van der Waals surface area contributed by atoms with Gasteiger partial charge in [0.15, 0.2) is 0 Å². The zero-order valence-electron chi connectivity index (χ0n) is 28.2. The summed E-state index contributed by atoms with van der Waals surface area (Å²) in [5.41, 5.74) is 0. The van der Waals surface area contributed by atoms with Crippen LogP contribution in [0.3, 0.4) is 0 Å². The van der Waals surface area contributed by atoms with Gasteiger partial charge in [-0.05, 0) is 66.1 Å². The van der Waals surface area contributed by atoms with Crippen molar-refractivity contribution in [3.63, 3.8) is 0 Å². The molecule has 252 valence electrons. The highest BCUT2D eigenvalue weighted by Gasteiger charge is 2.14. The molecule has 3 unspecified atom stereocenters. The zero-order valence-corrected chi connectivity index (χ0v) is 30.6. The maximum atomic E-state index is 11.2. The third kappa shape index (κ3) is 35.6. The lowest BCUT2D eigenvalue weighted by Crippen LogP contribution is -2.27. The maximum absolute atomic E-state index is 11.2. The van der Waals surface area contributed by atoms with E-state index in [4.69, 9.17) is 14.2 Å². The Bertz CT molecular complexity index is 660. The van der Waals surface area contributed by atoms with Crippen LogP contribution in [0.25, 0.3) is 0 Å². The predicted molar refractivity (Wildman–Crippen MR) is 182 cm³/mol. The Morgan fingerprint density at radius 1 is 0.595 bits per heavy atom. The predicted octanol–water partition coefficient (Wildman–Crippen LogP) is 6.77. The summed E-state index contributed by atoms with van der Waals surface area (Å²) in [6, 6.07) is 0. The van der Waals surface area contributed by atoms with E-state index >= 15 is 0 Å². The minimum Gasteiger partial charge on any atom is -0.463 e. The van der Waals surface area contributed by atoms with Gasteiger partial charge < -0.3 is 24.4 Å². The van der Waals surface area contributed by atoms with Crippen LogP contribution in [0.2, 0.25) is 0 Å². The molecule has 0 aliphatic heterocycles. The number of thioether (sulfide) groups is 3. The highest BCUT2D eigenvalue weighted by molar-refractivity contribution is 8.00. The van der Waals surface area contributed by atoms with Crippen LogP contribution in [0.4, 0.5) is 0 Å². The van der Waals surface area contributed by atoms with Gasteiger partial charge in [-0.1, -0.05) is 34.6 Å². The molecule has 0 aliphatic carbocycles. The largest absolute Gasteiger partial charge is 0.463 e. The van der Waals surface area contributed by atoms with Crippen LogP contribution in [0, 0.1) is 5.92 Å². The number of esters is 3. The molecule has 0 aliphatic rings. The lowest BCUT2D eigenvalue weighted by Gasteiger charge is -2.15. The van der Waals surface area contributed by atoms with E-state index in [2.05, 4.69) is 27.7 Å². The summed E-state index contributed by atoms with van der Waals surface area (Å²) in [4.78, 5) is 33.3. The van der Waals surface area contributed by atoms with Gasteiger partial charge in [-0.25, -0.2) is 0 Å².